The summed E-state index contributed by atoms with van der Waals surface area (Å²) >= 11 is 1.78. The normalized spacial score (nSPS) is 17.4. The van der Waals surface area contributed by atoms with Crippen molar-refractivity contribution in [1.82, 2.24) is 51.0 Å². The van der Waals surface area contributed by atoms with E-state index in [0.29, 0.717) is 53.5 Å². The number of imide groups is 1. The highest BCUT2D eigenvalue weighted by Gasteiger charge is 2.52. The SMILES string of the molecule is C/C=C\C(CCC)(SC(C)CC)C1CC(=O)N(CCCCCC(=O)NCC(=O)NCC(=O)N[C@@H](Cc2ccccc2)C(=O)NCC(=O)N(C)CCN(C)C(=O)O[C@@]2(CC)C(=O)OCc3c2cc2n(c3=O)Cc3c-2nc2ccccc2c3CNOC(C)(C)C)C1=O. The summed E-state index contributed by atoms with van der Waals surface area (Å²) in [4.78, 5) is 150. The van der Waals surface area contributed by atoms with E-state index >= 15 is 0 Å². The summed E-state index contributed by atoms with van der Waals surface area (Å²) in [6.07, 6.45) is 7.59. The lowest BCUT2D eigenvalue weighted by Gasteiger charge is -2.36. The molecule has 2 aromatic heterocycles. The second-order valence-corrected chi connectivity index (χ2v) is 26.0. The molecule has 3 unspecified atom stereocenters. The van der Waals surface area contributed by atoms with Crippen LogP contribution in [0.15, 0.2) is 77.6 Å². The van der Waals surface area contributed by atoms with Crippen LogP contribution in [0.5, 0.6) is 0 Å². The summed E-state index contributed by atoms with van der Waals surface area (Å²) < 4.78 is 12.8. The van der Waals surface area contributed by atoms with E-state index in [4.69, 9.17) is 19.3 Å². The number of carbonyl (C=O) groups excluding carboxylic acids is 9. The number of aromatic nitrogens is 2. The molecule has 1 saturated heterocycles. The molecule has 90 heavy (non-hydrogen) atoms. The molecule has 0 saturated carbocycles. The Bertz CT molecular complexity index is 3410. The fourth-order valence-corrected chi connectivity index (χ4v) is 13.3. The zero-order chi connectivity index (χ0) is 65.5. The maximum Gasteiger partial charge on any atom is 0.411 e. The average Bonchev–Trinajstić information content (AvgIpc) is 1.46. The number of nitrogens with zero attached hydrogens (tertiary/aromatic N) is 5. The molecular formula is C66H88N10O13S. The average molecular weight is 1260 g/mol. The molecule has 8 amide bonds. The van der Waals surface area contributed by atoms with Gasteiger partial charge in [-0.1, -0.05) is 101 Å². The standard InChI is InChI=1S/C66H88N10O13S/c1-11-28-65(29-12-2,90-42(5)13-3)49-35-56(80)75(61(49)84)30-22-16-19-27-53(77)67-37-54(78)68-38-55(79)71-51(33-43-23-17-15-18-24-43)59(82)69-39-57(81)73(9)31-32-74(10)63(86)88-66(14-4)48-34-52-58-46(40-76(52)60(83)47(48)41-87-62(66)85)45(36-70-89-64(6,7)8)44-25-20-21-26-50(44)72-58/h11,15,17-18,20-21,23-26,28,34,42,49,51,70H,12-14,16,19,22,27,29-33,35-41H2,1-10H3,(H,67,77)(H,68,78)(H,69,82)(H,71,79)/b28-11-/t42?,49?,51-,65?,66+/m0/s1. The first-order valence-electron chi connectivity index (χ1n) is 31.1. The lowest BCUT2D eigenvalue weighted by Crippen LogP contribution is -2.52. The lowest BCUT2D eigenvalue weighted by atomic mass is 9.85. The number of para-hydroxylation sites is 1. The third-order valence-corrected chi connectivity index (χ3v) is 18.3. The highest BCUT2D eigenvalue weighted by atomic mass is 32.2. The molecule has 4 aromatic rings. The van der Waals surface area contributed by atoms with Crippen molar-refractivity contribution in [3.63, 3.8) is 0 Å². The summed E-state index contributed by atoms with van der Waals surface area (Å²) in [5, 5.41) is 11.4. The number of hydroxylamine groups is 1. The van der Waals surface area contributed by atoms with Gasteiger partial charge < -0.3 is 45.1 Å². The number of likely N-dealkylation sites (tertiary alicyclic amines) is 1. The fourth-order valence-electron chi connectivity index (χ4n) is 11.5. The van der Waals surface area contributed by atoms with Crippen LogP contribution in [0.1, 0.15) is 141 Å². The number of nitrogens with one attached hydrogen (secondary N) is 5. The summed E-state index contributed by atoms with van der Waals surface area (Å²) in [6, 6.07) is 17.0. The summed E-state index contributed by atoms with van der Waals surface area (Å²) in [5.74, 6) is -4.55. The molecule has 5 atom stereocenters. The molecule has 5 N–H and O–H groups in total. The van der Waals surface area contributed by atoms with Crippen molar-refractivity contribution in [1.29, 1.82) is 0 Å². The van der Waals surface area contributed by atoms with Gasteiger partial charge in [-0.3, -0.25) is 48.1 Å². The number of carbonyl (C=O) groups is 9. The van der Waals surface area contributed by atoms with Crippen molar-refractivity contribution in [3.05, 3.63) is 111 Å². The van der Waals surface area contributed by atoms with Gasteiger partial charge in [0, 0.05) is 86.0 Å². The van der Waals surface area contributed by atoms with Gasteiger partial charge in [0.05, 0.1) is 60.2 Å². The van der Waals surface area contributed by atoms with E-state index < -0.39 is 88.8 Å². The van der Waals surface area contributed by atoms with E-state index in [0.717, 1.165) is 35.8 Å². The van der Waals surface area contributed by atoms with E-state index in [1.807, 2.05) is 58.0 Å². The number of unbranched alkanes of at least 4 members (excludes halogenated alkanes) is 2. The van der Waals surface area contributed by atoms with Crippen LogP contribution in [0.3, 0.4) is 0 Å². The number of likely N-dealkylation sites (N-methyl/N-ethyl adjacent to an activating group) is 2. The first-order valence-corrected chi connectivity index (χ1v) is 32.0. The van der Waals surface area contributed by atoms with Crippen molar-refractivity contribution in [2.45, 2.75) is 167 Å². The van der Waals surface area contributed by atoms with Crippen molar-refractivity contribution in [3.8, 4) is 11.4 Å². The molecule has 3 aliphatic rings. The number of cyclic esters (lactones) is 1. The molecule has 2 aromatic carbocycles. The molecule has 0 aliphatic carbocycles. The fraction of sp³-hybridized carbons (Fsp3) is 0.530. The molecule has 3 aliphatic heterocycles. The zero-order valence-corrected chi connectivity index (χ0v) is 54.4. The van der Waals surface area contributed by atoms with Crippen LogP contribution in [0.4, 0.5) is 4.79 Å². The van der Waals surface area contributed by atoms with E-state index in [1.165, 1.54) is 28.8 Å². The Labute approximate surface area is 530 Å². The van der Waals surface area contributed by atoms with Crippen molar-refractivity contribution in [2.24, 2.45) is 5.92 Å². The Morgan fingerprint density at radius 2 is 1.57 bits per heavy atom. The predicted octanol–water partition coefficient (Wildman–Crippen LogP) is 6.09. The quantitative estimate of drug-likeness (QED) is 0.0110. The molecule has 0 radical (unpaired) electrons. The Kier molecular flexibility index (Phi) is 24.1. The minimum Gasteiger partial charge on any atom is -0.457 e. The highest BCUT2D eigenvalue weighted by molar-refractivity contribution is 8.01. The number of rotatable bonds is 31. The maximum atomic E-state index is 14.4. The molecule has 7 rings (SSSR count). The largest absolute Gasteiger partial charge is 0.457 e. The number of fused-ring (bicyclic) bond motifs is 5. The Balaban J connectivity index is 0.868. The number of thioether (sulfide) groups is 1. The van der Waals surface area contributed by atoms with Crippen LogP contribution in [0.2, 0.25) is 0 Å². The highest BCUT2D eigenvalue weighted by Crippen LogP contribution is 2.47. The Morgan fingerprint density at radius 3 is 2.27 bits per heavy atom. The topological polar surface area (TPSA) is 286 Å². The first kappa shape index (κ1) is 69.5. The summed E-state index contributed by atoms with van der Waals surface area (Å²) in [6.45, 7) is 14.7. The number of hydrogen-bond donors (Lipinski definition) is 5. The van der Waals surface area contributed by atoms with Gasteiger partial charge in [-0.15, -0.1) is 11.8 Å². The number of allylic oxidation sites excluding steroid dienone is 1. The molecule has 5 heterocycles. The Hall–Kier alpha value is -7.96. The second-order valence-electron chi connectivity index (χ2n) is 24.2. The summed E-state index contributed by atoms with van der Waals surface area (Å²) in [5.41, 5.74) is 4.64. The van der Waals surface area contributed by atoms with Gasteiger partial charge in [0.2, 0.25) is 47.0 Å². The van der Waals surface area contributed by atoms with E-state index in [1.54, 1.807) is 59.7 Å². The third-order valence-electron chi connectivity index (χ3n) is 16.5. The van der Waals surface area contributed by atoms with Gasteiger partial charge in [-0.25, -0.2) is 14.6 Å². The monoisotopic (exact) mass is 1260 g/mol. The number of ether oxygens (including phenoxy) is 2. The van der Waals surface area contributed by atoms with E-state index in [2.05, 4.69) is 53.6 Å². The molecule has 0 bridgehead atoms. The molecule has 0 spiro atoms. The Morgan fingerprint density at radius 1 is 0.867 bits per heavy atom. The summed E-state index contributed by atoms with van der Waals surface area (Å²) in [7, 11) is 2.90. The third kappa shape index (κ3) is 16.9. The molecule has 486 valence electrons. The second kappa shape index (κ2) is 31.2. The lowest BCUT2D eigenvalue weighted by molar-refractivity contribution is -0.173. The zero-order valence-electron chi connectivity index (χ0n) is 53.5. The predicted molar refractivity (Wildman–Crippen MR) is 341 cm³/mol. The van der Waals surface area contributed by atoms with Crippen molar-refractivity contribution < 1.29 is 57.5 Å². The van der Waals surface area contributed by atoms with Gasteiger partial charge in [0.15, 0.2) is 0 Å². The van der Waals surface area contributed by atoms with Gasteiger partial charge in [0.1, 0.15) is 12.6 Å². The van der Waals surface area contributed by atoms with Gasteiger partial charge in [-0.2, -0.15) is 5.48 Å². The van der Waals surface area contributed by atoms with Crippen molar-refractivity contribution in [2.75, 3.05) is 53.4 Å². The molecule has 1 fully saturated rings. The molecular weight excluding hydrogens is 1170 g/mol. The number of esters is 1. The molecule has 24 heteroatoms. The maximum absolute atomic E-state index is 14.4. The number of hydrogen-bond acceptors (Lipinski definition) is 16. The van der Waals surface area contributed by atoms with Gasteiger partial charge in [0.25, 0.3) is 5.56 Å². The number of benzene rings is 2. The van der Waals surface area contributed by atoms with Crippen LogP contribution < -0.4 is 32.3 Å². The minimum atomic E-state index is -2.00. The smallest absolute Gasteiger partial charge is 0.411 e. The van der Waals surface area contributed by atoms with E-state index in [-0.39, 0.29) is 87.3 Å². The number of pyridine rings is 2. The van der Waals surface area contributed by atoms with Crippen molar-refractivity contribution >= 4 is 76.1 Å². The van der Waals surface area contributed by atoms with Gasteiger partial charge >= 0.3 is 12.1 Å². The van der Waals surface area contributed by atoms with Crippen LogP contribution in [-0.4, -0.2) is 153 Å². The van der Waals surface area contributed by atoms with E-state index in [9.17, 15) is 47.9 Å². The first-order chi connectivity index (χ1) is 42.9. The minimum absolute atomic E-state index is 0.0323. The van der Waals surface area contributed by atoms with Crippen LogP contribution in [0, 0.1) is 5.92 Å². The molecule has 23 nitrogen and oxygen atoms in total. The van der Waals surface area contributed by atoms with Crippen LogP contribution >= 0.6 is 11.8 Å². The van der Waals surface area contributed by atoms with Crippen LogP contribution in [-0.2, 0) is 84.4 Å². The van der Waals surface area contributed by atoms with Crippen LogP contribution in [0.25, 0.3) is 22.3 Å². The number of amides is 8. The van der Waals surface area contributed by atoms with Gasteiger partial charge in [-0.05, 0) is 83.1 Å².